The van der Waals surface area contributed by atoms with E-state index in [1.807, 2.05) is 0 Å². The molecule has 0 amide bonds. The number of rotatable bonds is 2. The first-order valence-corrected chi connectivity index (χ1v) is 3.67. The fraction of sp³-hybridized carbons (Fsp3) is 0.222. The van der Waals surface area contributed by atoms with Gasteiger partial charge in [0, 0.05) is 5.56 Å². The Hall–Kier alpha value is -1.71. The van der Waals surface area contributed by atoms with Crippen LogP contribution in [0.15, 0.2) is 15.3 Å². The predicted molar refractivity (Wildman–Crippen MR) is 45.1 cm³/mol. The zero-order chi connectivity index (χ0) is 10.0. The SMILES string of the molecule is CC(=O)c1c(C=O)cc(C)oc1=O. The van der Waals surface area contributed by atoms with Crippen molar-refractivity contribution in [2.75, 3.05) is 0 Å². The van der Waals surface area contributed by atoms with E-state index in [1.165, 1.54) is 19.9 Å². The summed E-state index contributed by atoms with van der Waals surface area (Å²) in [5.74, 6) is -0.145. The van der Waals surface area contributed by atoms with Crippen LogP contribution in [0.4, 0.5) is 0 Å². The summed E-state index contributed by atoms with van der Waals surface area (Å²) in [6, 6.07) is 1.37. The molecule has 0 radical (unpaired) electrons. The average Bonchev–Trinajstić information content (AvgIpc) is 2.01. The van der Waals surface area contributed by atoms with Gasteiger partial charge in [0.05, 0.1) is 0 Å². The first kappa shape index (κ1) is 9.38. The summed E-state index contributed by atoms with van der Waals surface area (Å²) in [6.07, 6.45) is 0.473. The Labute approximate surface area is 74.2 Å². The maximum Gasteiger partial charge on any atom is 0.347 e. The second-order valence-electron chi connectivity index (χ2n) is 2.65. The van der Waals surface area contributed by atoms with E-state index < -0.39 is 11.4 Å². The van der Waals surface area contributed by atoms with Gasteiger partial charge in [0.1, 0.15) is 11.3 Å². The molecule has 1 heterocycles. The number of ketones is 1. The van der Waals surface area contributed by atoms with E-state index in [2.05, 4.69) is 4.42 Å². The minimum absolute atomic E-state index is 0.0845. The Bertz CT molecular complexity index is 414. The monoisotopic (exact) mass is 180 g/mol. The first-order chi connectivity index (χ1) is 6.06. The molecule has 0 atom stereocenters. The lowest BCUT2D eigenvalue weighted by molar-refractivity contribution is 0.100. The quantitative estimate of drug-likeness (QED) is 0.502. The summed E-state index contributed by atoms with van der Waals surface area (Å²) in [6.45, 7) is 2.76. The van der Waals surface area contributed by atoms with Gasteiger partial charge >= 0.3 is 5.63 Å². The number of carbonyl (C=O) groups is 2. The summed E-state index contributed by atoms with van der Waals surface area (Å²) in [7, 11) is 0. The number of aldehydes is 1. The van der Waals surface area contributed by atoms with Crippen molar-refractivity contribution in [1.29, 1.82) is 0 Å². The Morgan fingerprint density at radius 2 is 2.15 bits per heavy atom. The van der Waals surface area contributed by atoms with Gasteiger partial charge < -0.3 is 4.42 Å². The zero-order valence-electron chi connectivity index (χ0n) is 7.29. The normalized spacial score (nSPS) is 9.69. The van der Waals surface area contributed by atoms with Crippen molar-refractivity contribution in [3.8, 4) is 0 Å². The fourth-order valence-electron chi connectivity index (χ4n) is 1.08. The first-order valence-electron chi connectivity index (χ1n) is 3.67. The third kappa shape index (κ3) is 1.72. The lowest BCUT2D eigenvalue weighted by atomic mass is 10.1. The molecule has 0 fully saturated rings. The van der Waals surface area contributed by atoms with Crippen LogP contribution in [-0.4, -0.2) is 12.1 Å². The van der Waals surface area contributed by atoms with Crippen molar-refractivity contribution in [1.82, 2.24) is 0 Å². The van der Waals surface area contributed by atoms with E-state index in [0.29, 0.717) is 12.0 Å². The molecule has 13 heavy (non-hydrogen) atoms. The van der Waals surface area contributed by atoms with Crippen LogP contribution in [0.1, 0.15) is 33.4 Å². The van der Waals surface area contributed by atoms with Crippen LogP contribution < -0.4 is 5.63 Å². The molecule has 1 aromatic heterocycles. The molecule has 0 aromatic carbocycles. The van der Waals surface area contributed by atoms with Gasteiger partial charge in [-0.3, -0.25) is 9.59 Å². The van der Waals surface area contributed by atoms with E-state index >= 15 is 0 Å². The standard InChI is InChI=1S/C9H8O4/c1-5-3-7(4-10)8(6(2)11)9(12)13-5/h3-4H,1-2H3. The van der Waals surface area contributed by atoms with Crippen LogP contribution in [0.3, 0.4) is 0 Å². The highest BCUT2D eigenvalue weighted by Crippen LogP contribution is 2.04. The minimum atomic E-state index is -0.755. The van der Waals surface area contributed by atoms with Crippen LogP contribution in [0.5, 0.6) is 0 Å². The smallest absolute Gasteiger partial charge is 0.347 e. The number of aryl methyl sites for hydroxylation is 1. The van der Waals surface area contributed by atoms with Gasteiger partial charge in [-0.05, 0) is 19.9 Å². The Kier molecular flexibility index (Phi) is 2.41. The number of hydrogen-bond acceptors (Lipinski definition) is 4. The average molecular weight is 180 g/mol. The van der Waals surface area contributed by atoms with Gasteiger partial charge in [-0.1, -0.05) is 0 Å². The largest absolute Gasteiger partial charge is 0.428 e. The second kappa shape index (κ2) is 3.35. The zero-order valence-corrected chi connectivity index (χ0v) is 7.29. The molecule has 0 aliphatic rings. The molecule has 0 bridgehead atoms. The highest BCUT2D eigenvalue weighted by molar-refractivity contribution is 6.00. The Balaban J connectivity index is 3.57. The van der Waals surface area contributed by atoms with E-state index in [0.717, 1.165) is 0 Å². The molecule has 0 N–H and O–H groups in total. The maximum atomic E-state index is 11.1. The molecule has 0 unspecified atom stereocenters. The van der Waals surface area contributed by atoms with Gasteiger partial charge in [0.2, 0.25) is 0 Å². The molecule has 4 heteroatoms. The molecule has 0 aliphatic carbocycles. The van der Waals surface area contributed by atoms with E-state index in [1.54, 1.807) is 0 Å². The molecule has 4 nitrogen and oxygen atoms in total. The van der Waals surface area contributed by atoms with Crippen molar-refractivity contribution >= 4 is 12.1 Å². The molecule has 0 saturated carbocycles. The van der Waals surface area contributed by atoms with E-state index in [4.69, 9.17) is 0 Å². The van der Waals surface area contributed by atoms with Crippen molar-refractivity contribution in [3.05, 3.63) is 33.4 Å². The summed E-state index contributed by atoms with van der Waals surface area (Å²) in [4.78, 5) is 32.6. The summed E-state index contributed by atoms with van der Waals surface area (Å²) in [5, 5.41) is 0. The van der Waals surface area contributed by atoms with Gasteiger partial charge in [0.25, 0.3) is 0 Å². The van der Waals surface area contributed by atoms with Crippen molar-refractivity contribution < 1.29 is 14.0 Å². The highest BCUT2D eigenvalue weighted by Gasteiger charge is 2.13. The van der Waals surface area contributed by atoms with Crippen molar-refractivity contribution in [2.24, 2.45) is 0 Å². The minimum Gasteiger partial charge on any atom is -0.428 e. The number of Topliss-reactive ketones (excluding diaryl/α,β-unsaturated/α-hetero) is 1. The molecule has 0 saturated heterocycles. The molecule has 1 rings (SSSR count). The topological polar surface area (TPSA) is 64.3 Å². The van der Waals surface area contributed by atoms with Gasteiger partial charge in [-0.25, -0.2) is 4.79 Å². The third-order valence-corrected chi connectivity index (χ3v) is 1.58. The van der Waals surface area contributed by atoms with E-state index in [-0.39, 0.29) is 11.1 Å². The maximum absolute atomic E-state index is 11.1. The predicted octanol–water partition coefficient (Wildman–Crippen LogP) is 0.963. The van der Waals surface area contributed by atoms with Gasteiger partial charge in [-0.15, -0.1) is 0 Å². The number of carbonyl (C=O) groups excluding carboxylic acids is 2. The van der Waals surface area contributed by atoms with E-state index in [9.17, 15) is 14.4 Å². The van der Waals surface area contributed by atoms with Crippen LogP contribution >= 0.6 is 0 Å². The van der Waals surface area contributed by atoms with Gasteiger partial charge in [-0.2, -0.15) is 0 Å². The number of hydrogen-bond donors (Lipinski definition) is 0. The lowest BCUT2D eigenvalue weighted by Crippen LogP contribution is -2.15. The van der Waals surface area contributed by atoms with Crippen molar-refractivity contribution in [3.63, 3.8) is 0 Å². The molecular formula is C9H8O4. The van der Waals surface area contributed by atoms with Crippen LogP contribution in [-0.2, 0) is 0 Å². The molecule has 0 aliphatic heterocycles. The summed E-state index contributed by atoms with van der Waals surface area (Å²) in [5.41, 5.74) is -0.851. The molecule has 68 valence electrons. The summed E-state index contributed by atoms with van der Waals surface area (Å²) < 4.78 is 4.68. The van der Waals surface area contributed by atoms with Crippen LogP contribution in [0, 0.1) is 6.92 Å². The van der Waals surface area contributed by atoms with Crippen LogP contribution in [0.2, 0.25) is 0 Å². The fourth-order valence-corrected chi connectivity index (χ4v) is 1.08. The molecular weight excluding hydrogens is 172 g/mol. The summed E-state index contributed by atoms with van der Waals surface area (Å²) >= 11 is 0. The van der Waals surface area contributed by atoms with Gasteiger partial charge in [0.15, 0.2) is 12.1 Å². The highest BCUT2D eigenvalue weighted by atomic mass is 16.4. The Morgan fingerprint density at radius 1 is 1.54 bits per heavy atom. The Morgan fingerprint density at radius 3 is 2.62 bits per heavy atom. The third-order valence-electron chi connectivity index (χ3n) is 1.58. The lowest BCUT2D eigenvalue weighted by Gasteiger charge is -1.98. The molecule has 1 aromatic rings. The second-order valence-corrected chi connectivity index (χ2v) is 2.65. The van der Waals surface area contributed by atoms with Crippen LogP contribution in [0.25, 0.3) is 0 Å². The van der Waals surface area contributed by atoms with Crippen molar-refractivity contribution in [2.45, 2.75) is 13.8 Å². The molecule has 0 spiro atoms.